The summed E-state index contributed by atoms with van der Waals surface area (Å²) in [6.45, 7) is 11.6. The maximum absolute atomic E-state index is 13.0. The molecule has 0 aromatic heterocycles. The lowest BCUT2D eigenvalue weighted by molar-refractivity contribution is 0.0515. The van der Waals surface area contributed by atoms with Crippen LogP contribution in [0.5, 0.6) is 0 Å². The van der Waals surface area contributed by atoms with Gasteiger partial charge in [-0.3, -0.25) is 4.90 Å². The number of benzene rings is 2. The van der Waals surface area contributed by atoms with Crippen LogP contribution in [-0.2, 0) is 15.9 Å². The molecule has 7 nitrogen and oxygen atoms in total. The Labute approximate surface area is 203 Å². The second-order valence-corrected chi connectivity index (χ2v) is 10.2. The number of amides is 2. The summed E-state index contributed by atoms with van der Waals surface area (Å²) in [5.41, 5.74) is 1.19. The van der Waals surface area contributed by atoms with Crippen LogP contribution in [0.15, 0.2) is 54.6 Å². The van der Waals surface area contributed by atoms with Crippen LogP contribution in [0.2, 0.25) is 0 Å². The lowest BCUT2D eigenvalue weighted by atomic mass is 10.1. The molecule has 2 aromatic rings. The molecule has 2 aromatic carbocycles. The first-order chi connectivity index (χ1) is 15.8. The van der Waals surface area contributed by atoms with Crippen molar-refractivity contribution < 1.29 is 24.2 Å². The predicted octanol–water partition coefficient (Wildman–Crippen LogP) is 5.62. The van der Waals surface area contributed by atoms with Crippen LogP contribution >= 0.6 is 0 Å². The molecule has 0 aliphatic heterocycles. The molecule has 0 aliphatic rings. The summed E-state index contributed by atoms with van der Waals surface area (Å²) in [7, 11) is 0. The summed E-state index contributed by atoms with van der Waals surface area (Å²) < 4.78 is 10.9. The third kappa shape index (κ3) is 9.83. The molecule has 34 heavy (non-hydrogen) atoms. The van der Waals surface area contributed by atoms with E-state index >= 15 is 0 Å². The number of aliphatic hydroxyl groups is 1. The van der Waals surface area contributed by atoms with Crippen molar-refractivity contribution in [1.29, 1.82) is 0 Å². The number of alkyl carbamates (subject to hydrolysis) is 1. The van der Waals surface area contributed by atoms with Crippen molar-refractivity contribution in [3.8, 4) is 0 Å². The highest BCUT2D eigenvalue weighted by atomic mass is 16.6. The van der Waals surface area contributed by atoms with E-state index in [4.69, 9.17) is 9.47 Å². The number of hydrogen-bond acceptors (Lipinski definition) is 5. The molecule has 2 amide bonds. The van der Waals surface area contributed by atoms with Gasteiger partial charge < -0.3 is 19.9 Å². The van der Waals surface area contributed by atoms with Gasteiger partial charge in [0, 0.05) is 18.8 Å². The Hall–Kier alpha value is -3.06. The van der Waals surface area contributed by atoms with E-state index in [1.165, 1.54) is 0 Å². The van der Waals surface area contributed by atoms with Gasteiger partial charge in [-0.25, -0.2) is 9.59 Å². The largest absolute Gasteiger partial charge is 0.444 e. The molecule has 0 heterocycles. The first-order valence-corrected chi connectivity index (χ1v) is 11.6. The number of nitrogens with zero attached hydrogens (tertiary/aromatic N) is 1. The summed E-state index contributed by atoms with van der Waals surface area (Å²) in [4.78, 5) is 26.4. The van der Waals surface area contributed by atoms with E-state index in [9.17, 15) is 14.7 Å². The zero-order valence-electron chi connectivity index (χ0n) is 21.1. The topological polar surface area (TPSA) is 88.1 Å². The van der Waals surface area contributed by atoms with Crippen LogP contribution in [0.3, 0.4) is 0 Å². The second kappa shape index (κ2) is 11.9. The van der Waals surface area contributed by atoms with Crippen LogP contribution in [-0.4, -0.2) is 41.6 Å². The first-order valence-electron chi connectivity index (χ1n) is 11.6. The first kappa shape index (κ1) is 27.2. The molecular weight excluding hydrogens is 432 g/mol. The van der Waals surface area contributed by atoms with Crippen LogP contribution in [0.1, 0.15) is 65.2 Å². The Balaban J connectivity index is 2.10. The molecule has 0 spiro atoms. The van der Waals surface area contributed by atoms with Gasteiger partial charge in [-0.1, -0.05) is 42.5 Å². The number of nitrogens with one attached hydrogen (secondary N) is 1. The Morgan fingerprint density at radius 3 is 2.21 bits per heavy atom. The molecule has 2 N–H and O–H groups in total. The maximum atomic E-state index is 13.0. The Morgan fingerprint density at radius 2 is 1.59 bits per heavy atom. The van der Waals surface area contributed by atoms with Gasteiger partial charge in [0.1, 0.15) is 11.2 Å². The molecule has 0 radical (unpaired) electrons. The highest BCUT2D eigenvalue weighted by Crippen LogP contribution is 2.25. The van der Waals surface area contributed by atoms with Crippen molar-refractivity contribution in [3.63, 3.8) is 0 Å². The highest BCUT2D eigenvalue weighted by Gasteiger charge is 2.24. The fourth-order valence-electron chi connectivity index (χ4n) is 3.22. The van der Waals surface area contributed by atoms with Crippen LogP contribution in [0.25, 0.3) is 0 Å². The number of rotatable bonds is 8. The third-order valence-electron chi connectivity index (χ3n) is 4.73. The van der Waals surface area contributed by atoms with E-state index in [-0.39, 0.29) is 6.54 Å². The van der Waals surface area contributed by atoms with Crippen LogP contribution in [0.4, 0.5) is 15.3 Å². The number of carbonyl (C=O) groups excluding carboxylic acids is 2. The van der Waals surface area contributed by atoms with Crippen molar-refractivity contribution in [2.24, 2.45) is 0 Å². The molecule has 0 saturated carbocycles. The molecule has 1 atom stereocenters. The van der Waals surface area contributed by atoms with Gasteiger partial charge in [0.25, 0.3) is 0 Å². The van der Waals surface area contributed by atoms with Gasteiger partial charge in [-0.15, -0.1) is 0 Å². The third-order valence-corrected chi connectivity index (χ3v) is 4.73. The summed E-state index contributed by atoms with van der Waals surface area (Å²) in [6.07, 6.45) is -0.817. The highest BCUT2D eigenvalue weighted by molar-refractivity contribution is 5.88. The van der Waals surface area contributed by atoms with E-state index in [1.807, 2.05) is 57.2 Å². The Morgan fingerprint density at radius 1 is 0.941 bits per heavy atom. The summed E-state index contributed by atoms with van der Waals surface area (Å²) in [6, 6.07) is 17.1. The molecule has 0 aliphatic carbocycles. The fourth-order valence-corrected chi connectivity index (χ4v) is 3.22. The van der Waals surface area contributed by atoms with Gasteiger partial charge in [0.2, 0.25) is 0 Å². The van der Waals surface area contributed by atoms with Crippen molar-refractivity contribution in [2.75, 3.05) is 18.0 Å². The molecular formula is C27H38N2O5. The quantitative estimate of drug-likeness (QED) is 0.523. The minimum atomic E-state index is -0.815. The van der Waals surface area contributed by atoms with E-state index in [2.05, 4.69) is 5.32 Å². The zero-order chi connectivity index (χ0) is 25.4. The van der Waals surface area contributed by atoms with Crippen molar-refractivity contribution >= 4 is 17.9 Å². The normalized spacial score (nSPS) is 12.6. The smallest absolute Gasteiger partial charge is 0.414 e. The van der Waals surface area contributed by atoms with Gasteiger partial charge in [0.05, 0.1) is 6.10 Å². The number of hydrogen-bond donors (Lipinski definition) is 2. The molecule has 7 heteroatoms. The second-order valence-electron chi connectivity index (χ2n) is 10.2. The average molecular weight is 471 g/mol. The molecule has 186 valence electrons. The van der Waals surface area contributed by atoms with Crippen LogP contribution in [0, 0.1) is 0 Å². The Bertz CT molecular complexity index is 932. The van der Waals surface area contributed by atoms with Gasteiger partial charge in [-0.2, -0.15) is 0 Å². The van der Waals surface area contributed by atoms with Gasteiger partial charge in [0.15, 0.2) is 0 Å². The zero-order valence-corrected chi connectivity index (χ0v) is 21.1. The Kier molecular flexibility index (Phi) is 9.50. The summed E-state index contributed by atoms with van der Waals surface area (Å²) in [5.74, 6) is 0. The molecule has 0 bridgehead atoms. The number of anilines is 1. The minimum Gasteiger partial charge on any atom is -0.444 e. The molecule has 1 unspecified atom stereocenters. The van der Waals surface area contributed by atoms with Gasteiger partial charge >= 0.3 is 12.2 Å². The molecule has 0 saturated heterocycles. The number of ether oxygens (including phenoxy) is 2. The van der Waals surface area contributed by atoms with Gasteiger partial charge in [-0.05, 0) is 77.6 Å². The van der Waals surface area contributed by atoms with E-state index in [0.29, 0.717) is 30.6 Å². The maximum Gasteiger partial charge on any atom is 0.414 e. The fraction of sp³-hybridized carbons (Fsp3) is 0.481. The van der Waals surface area contributed by atoms with E-state index in [0.717, 1.165) is 5.56 Å². The lowest BCUT2D eigenvalue weighted by Crippen LogP contribution is -2.38. The number of carbonyl (C=O) groups is 2. The molecule has 2 rings (SSSR count). The van der Waals surface area contributed by atoms with E-state index in [1.54, 1.807) is 43.9 Å². The standard InChI is InChI=1S/C27H38N2O5/c1-26(2,3)33-24(31)28-17-15-23(30)21-13-10-14-22(19-21)29(25(32)34-27(4,5)6)18-16-20-11-8-7-9-12-20/h7-14,19,23,30H,15-18H2,1-6H3,(H,28,31). The predicted molar refractivity (Wildman–Crippen MR) is 134 cm³/mol. The SMILES string of the molecule is CC(C)(C)OC(=O)NCCC(O)c1cccc(N(CCc2ccccc2)C(=O)OC(C)(C)C)c1. The monoisotopic (exact) mass is 470 g/mol. The van der Waals surface area contributed by atoms with Crippen molar-refractivity contribution in [1.82, 2.24) is 5.32 Å². The summed E-state index contributed by atoms with van der Waals surface area (Å²) >= 11 is 0. The average Bonchev–Trinajstić information content (AvgIpc) is 2.72. The molecule has 0 fully saturated rings. The van der Waals surface area contributed by atoms with Crippen molar-refractivity contribution in [2.45, 2.75) is 71.7 Å². The minimum absolute atomic E-state index is 0.254. The van der Waals surface area contributed by atoms with Crippen molar-refractivity contribution in [3.05, 3.63) is 65.7 Å². The summed E-state index contributed by atoms with van der Waals surface area (Å²) in [5, 5.41) is 13.3. The van der Waals surface area contributed by atoms with E-state index < -0.39 is 29.5 Å². The number of aliphatic hydroxyl groups excluding tert-OH is 1. The van der Waals surface area contributed by atoms with Crippen LogP contribution < -0.4 is 10.2 Å². The lowest BCUT2D eigenvalue weighted by Gasteiger charge is -2.28.